The molecule has 2 N–H and O–H groups in total. The summed E-state index contributed by atoms with van der Waals surface area (Å²) in [5.74, 6) is -0.825. The molecule has 0 aromatic heterocycles. The molecular formula is C17H21FN4O2. The normalized spacial score (nSPS) is 26.5. The Hall–Kier alpha value is -2.15. The maximum atomic E-state index is 14.3. The molecule has 0 radical (unpaired) electrons. The third-order valence-electron chi connectivity index (χ3n) is 5.16. The van der Waals surface area contributed by atoms with Gasteiger partial charge in [0.2, 0.25) is 0 Å². The lowest BCUT2D eigenvalue weighted by Crippen LogP contribution is -2.39. The van der Waals surface area contributed by atoms with Crippen molar-refractivity contribution in [2.24, 2.45) is 0 Å². The molecule has 1 aromatic rings. The summed E-state index contributed by atoms with van der Waals surface area (Å²) in [5.41, 5.74) is 0.606. The summed E-state index contributed by atoms with van der Waals surface area (Å²) in [4.78, 5) is 27.9. The highest BCUT2D eigenvalue weighted by atomic mass is 19.1. The summed E-state index contributed by atoms with van der Waals surface area (Å²) >= 11 is 0. The molecule has 0 spiro atoms. The number of nitrogens with zero attached hydrogens (tertiary/aromatic N) is 2. The average molecular weight is 332 g/mol. The highest BCUT2D eigenvalue weighted by molar-refractivity contribution is 5.98. The zero-order valence-electron chi connectivity index (χ0n) is 13.4. The molecule has 7 heteroatoms. The third-order valence-corrected chi connectivity index (χ3v) is 5.16. The lowest BCUT2D eigenvalue weighted by Gasteiger charge is -2.25. The molecule has 2 unspecified atom stereocenters. The van der Waals surface area contributed by atoms with Gasteiger partial charge in [-0.25, -0.2) is 9.18 Å². The molecule has 3 saturated heterocycles. The van der Waals surface area contributed by atoms with E-state index in [1.807, 2.05) is 0 Å². The molecule has 3 aliphatic rings. The first-order chi connectivity index (χ1) is 11.6. The van der Waals surface area contributed by atoms with Gasteiger partial charge in [0, 0.05) is 44.0 Å². The maximum Gasteiger partial charge on any atom is 0.321 e. The lowest BCUT2D eigenvalue weighted by molar-refractivity contribution is 0.0743. The minimum Gasteiger partial charge on any atom is -0.337 e. The van der Waals surface area contributed by atoms with Crippen molar-refractivity contribution in [1.82, 2.24) is 15.5 Å². The van der Waals surface area contributed by atoms with E-state index in [2.05, 4.69) is 10.6 Å². The standard InChI is InChI=1S/C17H21FN4O2/c18-15-4-3-13(22-8-6-19-17(22)24)9-14(15)16(23)21-7-5-11-1-2-12(10-21)20-11/h3-4,9,11-12,20H,1-2,5-8,10H2,(H,19,24). The van der Waals surface area contributed by atoms with Crippen LogP contribution in [-0.2, 0) is 0 Å². The smallest absolute Gasteiger partial charge is 0.321 e. The molecule has 0 saturated carbocycles. The molecule has 1 aromatic carbocycles. The molecule has 3 fully saturated rings. The summed E-state index contributed by atoms with van der Waals surface area (Å²) in [6, 6.07) is 4.88. The fourth-order valence-electron chi connectivity index (χ4n) is 3.86. The van der Waals surface area contributed by atoms with Gasteiger partial charge in [-0.05, 0) is 37.5 Å². The minimum absolute atomic E-state index is 0.0463. The van der Waals surface area contributed by atoms with Gasteiger partial charge in [0.05, 0.1) is 5.56 Å². The second-order valence-electron chi connectivity index (χ2n) is 6.73. The van der Waals surface area contributed by atoms with Crippen molar-refractivity contribution in [2.75, 3.05) is 31.1 Å². The topological polar surface area (TPSA) is 64.7 Å². The number of hydrogen-bond acceptors (Lipinski definition) is 3. The Bertz CT molecular complexity index is 681. The van der Waals surface area contributed by atoms with Crippen molar-refractivity contribution in [1.29, 1.82) is 0 Å². The molecular weight excluding hydrogens is 311 g/mol. The fraction of sp³-hybridized carbons (Fsp3) is 0.529. The van der Waals surface area contributed by atoms with Gasteiger partial charge in [0.25, 0.3) is 5.91 Å². The van der Waals surface area contributed by atoms with E-state index in [-0.39, 0.29) is 17.5 Å². The Balaban J connectivity index is 1.58. The van der Waals surface area contributed by atoms with Gasteiger partial charge in [-0.15, -0.1) is 0 Å². The zero-order valence-corrected chi connectivity index (χ0v) is 13.4. The molecule has 128 valence electrons. The monoisotopic (exact) mass is 332 g/mol. The van der Waals surface area contributed by atoms with Crippen LogP contribution in [0.3, 0.4) is 0 Å². The molecule has 0 aliphatic carbocycles. The molecule has 6 nitrogen and oxygen atoms in total. The number of benzene rings is 1. The van der Waals surface area contributed by atoms with Crippen LogP contribution in [0.2, 0.25) is 0 Å². The molecule has 24 heavy (non-hydrogen) atoms. The maximum absolute atomic E-state index is 14.3. The second kappa shape index (κ2) is 6.05. The predicted molar refractivity (Wildman–Crippen MR) is 87.6 cm³/mol. The van der Waals surface area contributed by atoms with E-state index in [9.17, 15) is 14.0 Å². The van der Waals surface area contributed by atoms with Gasteiger partial charge in [0.1, 0.15) is 5.82 Å². The number of nitrogens with one attached hydrogen (secondary N) is 2. The van der Waals surface area contributed by atoms with E-state index < -0.39 is 5.82 Å². The number of halogens is 1. The SMILES string of the molecule is O=C(c1cc(N2CCNC2=O)ccc1F)N1CCC2CCC(C1)N2. The van der Waals surface area contributed by atoms with E-state index in [0.717, 1.165) is 19.3 Å². The number of anilines is 1. The molecule has 2 atom stereocenters. The summed E-state index contributed by atoms with van der Waals surface area (Å²) in [5, 5.41) is 6.23. The van der Waals surface area contributed by atoms with Crippen LogP contribution in [0.15, 0.2) is 18.2 Å². The number of fused-ring (bicyclic) bond motifs is 2. The molecule has 4 rings (SSSR count). The average Bonchev–Trinajstić information content (AvgIpc) is 3.13. The Morgan fingerprint density at radius 3 is 2.79 bits per heavy atom. The van der Waals surface area contributed by atoms with E-state index in [1.54, 1.807) is 11.0 Å². The van der Waals surface area contributed by atoms with E-state index >= 15 is 0 Å². The van der Waals surface area contributed by atoms with Crippen molar-refractivity contribution < 1.29 is 14.0 Å². The van der Waals surface area contributed by atoms with Crippen LogP contribution in [0, 0.1) is 5.82 Å². The fourth-order valence-corrected chi connectivity index (χ4v) is 3.86. The van der Waals surface area contributed by atoms with Crippen LogP contribution in [0.1, 0.15) is 29.6 Å². The molecule has 3 heterocycles. The largest absolute Gasteiger partial charge is 0.337 e. The Morgan fingerprint density at radius 1 is 1.17 bits per heavy atom. The van der Waals surface area contributed by atoms with Crippen LogP contribution in [0.25, 0.3) is 0 Å². The third kappa shape index (κ3) is 2.73. The minimum atomic E-state index is -0.536. The summed E-state index contributed by atoms with van der Waals surface area (Å²) in [7, 11) is 0. The van der Waals surface area contributed by atoms with Gasteiger partial charge < -0.3 is 15.5 Å². The Labute approximate surface area is 140 Å². The molecule has 2 bridgehead atoms. The van der Waals surface area contributed by atoms with Crippen LogP contribution in [-0.4, -0.2) is 55.1 Å². The van der Waals surface area contributed by atoms with Crippen LogP contribution >= 0.6 is 0 Å². The highest BCUT2D eigenvalue weighted by Crippen LogP contribution is 2.25. The number of carbonyl (C=O) groups excluding carboxylic acids is 2. The first kappa shape index (κ1) is 15.4. The lowest BCUT2D eigenvalue weighted by atomic mass is 10.1. The van der Waals surface area contributed by atoms with Crippen LogP contribution in [0.5, 0.6) is 0 Å². The van der Waals surface area contributed by atoms with Gasteiger partial charge in [0.15, 0.2) is 0 Å². The zero-order chi connectivity index (χ0) is 16.7. The summed E-state index contributed by atoms with van der Waals surface area (Å²) < 4.78 is 14.3. The van der Waals surface area contributed by atoms with E-state index in [4.69, 9.17) is 0 Å². The number of likely N-dealkylation sites (tertiary alicyclic amines) is 1. The number of urea groups is 1. The van der Waals surface area contributed by atoms with Crippen molar-refractivity contribution in [3.05, 3.63) is 29.6 Å². The van der Waals surface area contributed by atoms with E-state index in [1.165, 1.54) is 17.0 Å². The van der Waals surface area contributed by atoms with Gasteiger partial charge in [-0.1, -0.05) is 0 Å². The first-order valence-corrected chi connectivity index (χ1v) is 8.52. The molecule has 3 amide bonds. The van der Waals surface area contributed by atoms with Gasteiger partial charge in [-0.2, -0.15) is 0 Å². The number of carbonyl (C=O) groups is 2. The summed E-state index contributed by atoms with van der Waals surface area (Å²) in [6.07, 6.45) is 3.11. The Kier molecular flexibility index (Phi) is 3.88. The van der Waals surface area contributed by atoms with Crippen molar-refractivity contribution in [2.45, 2.75) is 31.3 Å². The van der Waals surface area contributed by atoms with Crippen molar-refractivity contribution in [3.63, 3.8) is 0 Å². The second-order valence-corrected chi connectivity index (χ2v) is 6.73. The summed E-state index contributed by atoms with van der Waals surface area (Å²) in [6.45, 7) is 2.33. The predicted octanol–water partition coefficient (Wildman–Crippen LogP) is 1.32. The van der Waals surface area contributed by atoms with Crippen molar-refractivity contribution >= 4 is 17.6 Å². The quantitative estimate of drug-likeness (QED) is 0.859. The number of rotatable bonds is 2. The first-order valence-electron chi connectivity index (χ1n) is 8.52. The molecule has 3 aliphatic heterocycles. The highest BCUT2D eigenvalue weighted by Gasteiger charge is 2.32. The van der Waals surface area contributed by atoms with Crippen LogP contribution < -0.4 is 15.5 Å². The van der Waals surface area contributed by atoms with Gasteiger partial charge >= 0.3 is 6.03 Å². The van der Waals surface area contributed by atoms with Gasteiger partial charge in [-0.3, -0.25) is 9.69 Å². The number of hydrogen-bond donors (Lipinski definition) is 2. The van der Waals surface area contributed by atoms with Crippen LogP contribution in [0.4, 0.5) is 14.9 Å². The number of amides is 3. The van der Waals surface area contributed by atoms with Crippen molar-refractivity contribution in [3.8, 4) is 0 Å². The van der Waals surface area contributed by atoms with E-state index in [0.29, 0.717) is 44.0 Å². The Morgan fingerprint density at radius 2 is 2.00 bits per heavy atom.